The van der Waals surface area contributed by atoms with Crippen molar-refractivity contribution < 1.29 is 45.7 Å². The number of hydrogen-bond acceptors (Lipinski definition) is 0. The summed E-state index contributed by atoms with van der Waals surface area (Å²) in [6.45, 7) is 12.2. The van der Waals surface area contributed by atoms with Gasteiger partial charge >= 0.3 is 115 Å². The normalized spacial score (nSPS) is 17.7. The number of allylic oxidation sites excluding steroid dienone is 8. The van der Waals surface area contributed by atoms with Crippen molar-refractivity contribution in [3.63, 3.8) is 0 Å². The standard InChI is InChI=1S/C8H11.C5H5.C2H7Si.2ClH.Zr/c1-6-4-5-7(2)8(6)3;1-2-4-5-3-1;1-3-2;;;/h4H2,1-3H3;1-3H,4H2;3H,1-2H3;2*1H;/q;;;;;+2/p-2. The molecule has 105 valence electrons. The molecule has 2 aliphatic carbocycles. The fraction of sp³-hybridized carbons (Fsp3) is 0.467. The van der Waals surface area contributed by atoms with Gasteiger partial charge in [-0.05, 0) is 0 Å². The van der Waals surface area contributed by atoms with E-state index in [1.165, 1.54) is 12.8 Å². The van der Waals surface area contributed by atoms with Crippen LogP contribution in [0.15, 0.2) is 41.5 Å². The summed E-state index contributed by atoms with van der Waals surface area (Å²) in [5, 5.41) is 0. The fourth-order valence-corrected chi connectivity index (χ4v) is 23.2. The molecule has 2 rings (SSSR count). The third-order valence-corrected chi connectivity index (χ3v) is 23.6. The van der Waals surface area contributed by atoms with E-state index >= 15 is 0 Å². The predicted molar refractivity (Wildman–Crippen MR) is 76.4 cm³/mol. The van der Waals surface area contributed by atoms with Gasteiger partial charge in [-0.3, -0.25) is 0 Å². The van der Waals surface area contributed by atoms with Gasteiger partial charge in [-0.2, -0.15) is 0 Å². The molecule has 0 unspecified atom stereocenters. The van der Waals surface area contributed by atoms with Gasteiger partial charge < -0.3 is 24.8 Å². The first-order valence-electron chi connectivity index (χ1n) is 6.62. The molecule has 0 atom stereocenters. The van der Waals surface area contributed by atoms with Crippen LogP contribution >= 0.6 is 0 Å². The molecule has 19 heavy (non-hydrogen) atoms. The van der Waals surface area contributed by atoms with Crippen molar-refractivity contribution in [2.75, 3.05) is 0 Å². The van der Waals surface area contributed by atoms with Crippen LogP contribution in [0.1, 0.15) is 33.6 Å². The predicted octanol–water partition coefficient (Wildman–Crippen LogP) is -1.55. The molecule has 0 N–H and O–H groups in total. The zero-order chi connectivity index (χ0) is 12.6. The summed E-state index contributed by atoms with van der Waals surface area (Å²) in [5.74, 6) is -0.481. The molecule has 0 aromatic heterocycles. The Labute approximate surface area is 139 Å². The van der Waals surface area contributed by atoms with Crippen LogP contribution in [0.25, 0.3) is 0 Å². The van der Waals surface area contributed by atoms with E-state index in [0.29, 0.717) is 0 Å². The van der Waals surface area contributed by atoms with Gasteiger partial charge in [0.2, 0.25) is 0 Å². The van der Waals surface area contributed by atoms with Gasteiger partial charge in [-0.25, -0.2) is 0 Å². The summed E-state index contributed by atoms with van der Waals surface area (Å²) < 4.78 is 3.80. The second-order valence-electron chi connectivity index (χ2n) is 5.58. The molecule has 2 aliphatic rings. The molecule has 0 fully saturated rings. The molecule has 0 aliphatic heterocycles. The Hall–Kier alpha value is 0.640. The van der Waals surface area contributed by atoms with Gasteiger partial charge in [0.1, 0.15) is 0 Å². The van der Waals surface area contributed by atoms with Crippen LogP contribution in [-0.2, 0) is 20.9 Å². The minimum absolute atomic E-state index is 0. The topological polar surface area (TPSA) is 0 Å². The average molecular weight is 394 g/mol. The van der Waals surface area contributed by atoms with Crippen molar-refractivity contribution in [3.8, 4) is 0 Å². The monoisotopic (exact) mass is 391 g/mol. The summed E-state index contributed by atoms with van der Waals surface area (Å²) in [5.41, 5.74) is 4.90. The van der Waals surface area contributed by atoms with Crippen LogP contribution in [0.5, 0.6) is 0 Å². The van der Waals surface area contributed by atoms with Crippen molar-refractivity contribution in [3.05, 3.63) is 41.5 Å². The minimum atomic E-state index is -1.42. The summed E-state index contributed by atoms with van der Waals surface area (Å²) in [4.78, 5) is 0. The van der Waals surface area contributed by atoms with E-state index in [1.54, 1.807) is 16.7 Å². The Morgan fingerprint density at radius 3 is 2.05 bits per heavy atom. The van der Waals surface area contributed by atoms with Gasteiger partial charge in [0.25, 0.3) is 0 Å². The Bertz CT molecular complexity index is 459. The van der Waals surface area contributed by atoms with Crippen LogP contribution in [-0.4, -0.2) is 5.92 Å². The SMILES string of the molecule is CC1=C(C)C(C)=[C]([Zr+2]([C]2=CC=CC2)[SiH](C)C)C1.[Cl-].[Cl-]. The maximum absolute atomic E-state index is 2.58. The Morgan fingerprint density at radius 1 is 1.05 bits per heavy atom. The van der Waals surface area contributed by atoms with Crippen molar-refractivity contribution in [2.24, 2.45) is 0 Å². The average Bonchev–Trinajstić information content (AvgIpc) is 2.85. The van der Waals surface area contributed by atoms with Crippen molar-refractivity contribution in [1.29, 1.82) is 0 Å². The van der Waals surface area contributed by atoms with Crippen molar-refractivity contribution in [1.82, 2.24) is 0 Å². The van der Waals surface area contributed by atoms with Gasteiger partial charge in [0, 0.05) is 0 Å². The van der Waals surface area contributed by atoms with Gasteiger partial charge in [0.15, 0.2) is 0 Å². The van der Waals surface area contributed by atoms with Crippen molar-refractivity contribution >= 4 is 5.92 Å². The van der Waals surface area contributed by atoms with Gasteiger partial charge in [-0.15, -0.1) is 0 Å². The van der Waals surface area contributed by atoms with E-state index in [1.807, 2.05) is 6.56 Å². The smallest absolute Gasteiger partial charge is 1.00 e. The molecule has 0 heterocycles. The molecule has 0 aromatic rings. The molecule has 0 radical (unpaired) electrons. The Kier molecular flexibility index (Phi) is 8.45. The van der Waals surface area contributed by atoms with Crippen LogP contribution in [0.3, 0.4) is 0 Å². The zero-order valence-corrected chi connectivity index (χ0v) is 17.6. The molecule has 0 nitrogen and oxygen atoms in total. The summed E-state index contributed by atoms with van der Waals surface area (Å²) in [6, 6.07) is 0. The van der Waals surface area contributed by atoms with Crippen LogP contribution in [0.4, 0.5) is 0 Å². The zero-order valence-electron chi connectivity index (χ0n) is 12.5. The Morgan fingerprint density at radius 2 is 1.68 bits per heavy atom. The minimum Gasteiger partial charge on any atom is -1.00 e. The van der Waals surface area contributed by atoms with E-state index in [9.17, 15) is 0 Å². The molecule has 0 bridgehead atoms. The van der Waals surface area contributed by atoms with Crippen molar-refractivity contribution in [2.45, 2.75) is 46.7 Å². The summed E-state index contributed by atoms with van der Waals surface area (Å²) >= 11 is -1.42. The third-order valence-electron chi connectivity index (χ3n) is 4.12. The maximum Gasteiger partial charge on any atom is -1.00 e. The van der Waals surface area contributed by atoms with E-state index in [2.05, 4.69) is 52.1 Å². The summed E-state index contributed by atoms with van der Waals surface area (Å²) in [7, 11) is 0. The summed E-state index contributed by atoms with van der Waals surface area (Å²) in [6.07, 6.45) is 9.67. The first-order chi connectivity index (χ1) is 8.02. The van der Waals surface area contributed by atoms with Gasteiger partial charge in [-0.1, -0.05) is 0 Å². The largest absolute Gasteiger partial charge is 1.00 e. The first-order valence-corrected chi connectivity index (χ1v) is 16.2. The van der Waals surface area contributed by atoms with E-state index < -0.39 is 26.8 Å². The van der Waals surface area contributed by atoms with Crippen LogP contribution in [0.2, 0.25) is 13.1 Å². The van der Waals surface area contributed by atoms with Crippen LogP contribution in [0, 0.1) is 0 Å². The molecular formula is C15H23Cl2SiZr. The number of halogens is 2. The first kappa shape index (κ1) is 19.6. The molecule has 0 saturated heterocycles. The number of hydrogen-bond donors (Lipinski definition) is 0. The van der Waals surface area contributed by atoms with E-state index in [-0.39, 0.29) is 24.8 Å². The molecule has 0 saturated carbocycles. The second-order valence-corrected chi connectivity index (χ2v) is 24.9. The van der Waals surface area contributed by atoms with Gasteiger partial charge in [0.05, 0.1) is 0 Å². The number of rotatable bonds is 3. The molecular weight excluding hydrogens is 370 g/mol. The molecule has 4 heteroatoms. The molecule has 0 aromatic carbocycles. The quantitative estimate of drug-likeness (QED) is 0.510. The van der Waals surface area contributed by atoms with E-state index in [4.69, 9.17) is 0 Å². The second kappa shape index (κ2) is 8.17. The van der Waals surface area contributed by atoms with Crippen LogP contribution < -0.4 is 24.8 Å². The van der Waals surface area contributed by atoms with E-state index in [0.717, 1.165) is 0 Å². The molecule has 0 spiro atoms. The Balaban J connectivity index is 0.00000162. The molecule has 0 amide bonds. The maximum atomic E-state index is 2.58. The fourth-order valence-electron chi connectivity index (χ4n) is 2.93. The third kappa shape index (κ3) is 4.06.